The number of rotatable bonds is 6. The molecule has 31 heavy (non-hydrogen) atoms. The third-order valence-electron chi connectivity index (χ3n) is 6.12. The Balaban J connectivity index is 1.91. The molecule has 0 aromatic heterocycles. The number of carbonyl (C=O) groups excluding carboxylic acids is 1. The van der Waals surface area contributed by atoms with E-state index in [4.69, 9.17) is 0 Å². The van der Waals surface area contributed by atoms with E-state index >= 15 is 0 Å². The first-order chi connectivity index (χ1) is 14.8. The van der Waals surface area contributed by atoms with Crippen LogP contribution in [0.2, 0.25) is 0 Å². The Morgan fingerprint density at radius 3 is 2.65 bits per heavy atom. The van der Waals surface area contributed by atoms with Crippen LogP contribution in [0.1, 0.15) is 60.9 Å². The van der Waals surface area contributed by atoms with Crippen molar-refractivity contribution in [2.24, 2.45) is 5.41 Å². The molecule has 0 saturated carbocycles. The maximum absolute atomic E-state index is 13.3. The zero-order chi connectivity index (χ0) is 22.4. The van der Waals surface area contributed by atoms with Crippen molar-refractivity contribution < 1.29 is 9.18 Å². The first-order valence-corrected chi connectivity index (χ1v) is 11.1. The number of anilines is 1. The topological polar surface area (TPSA) is 32.3 Å². The van der Waals surface area contributed by atoms with Crippen LogP contribution in [0, 0.1) is 36.9 Å². The molecule has 3 nitrogen and oxygen atoms in total. The van der Waals surface area contributed by atoms with E-state index in [1.54, 1.807) is 0 Å². The van der Waals surface area contributed by atoms with Crippen LogP contribution in [0.4, 0.5) is 10.1 Å². The molecule has 0 radical (unpaired) electrons. The highest BCUT2D eigenvalue weighted by atomic mass is 19.1. The van der Waals surface area contributed by atoms with Gasteiger partial charge in [-0.2, -0.15) is 0 Å². The van der Waals surface area contributed by atoms with Gasteiger partial charge < -0.3 is 10.2 Å². The summed E-state index contributed by atoms with van der Waals surface area (Å²) in [6, 6.07) is 9.11. The SMILES string of the molecule is Cc1cc2c(c(C)c1C#CC(C)(C)CCNC=O)CCCCN2Cc1ccc(F)cc1. The monoisotopic (exact) mass is 420 g/mol. The fraction of sp³-hybridized carbons (Fsp3) is 0.444. The number of amides is 1. The number of benzene rings is 2. The predicted molar refractivity (Wildman–Crippen MR) is 126 cm³/mol. The van der Waals surface area contributed by atoms with Crippen LogP contribution in [0.25, 0.3) is 0 Å². The minimum absolute atomic E-state index is 0.170. The standard InChI is InChI=1S/C27H33FN2O/c1-20-17-26-25(21(2)24(20)12-13-27(3,4)14-15-29-19-31)7-5-6-16-30(26)18-22-8-10-23(28)11-9-22/h8-11,17,19H,5-7,14-16,18H2,1-4H3,(H,29,31). The lowest BCUT2D eigenvalue weighted by molar-refractivity contribution is -0.109. The smallest absolute Gasteiger partial charge is 0.207 e. The number of hydrogen-bond acceptors (Lipinski definition) is 2. The summed E-state index contributed by atoms with van der Waals surface area (Å²) in [5.41, 5.74) is 7.22. The maximum Gasteiger partial charge on any atom is 0.207 e. The molecule has 0 fully saturated rings. The highest BCUT2D eigenvalue weighted by molar-refractivity contribution is 5.65. The first-order valence-electron chi connectivity index (χ1n) is 11.1. The van der Waals surface area contributed by atoms with E-state index in [9.17, 15) is 9.18 Å². The number of carbonyl (C=O) groups is 1. The number of aryl methyl sites for hydroxylation is 1. The minimum Gasteiger partial charge on any atom is -0.367 e. The molecule has 1 heterocycles. The summed E-state index contributed by atoms with van der Waals surface area (Å²) >= 11 is 0. The fourth-order valence-corrected chi connectivity index (χ4v) is 4.23. The van der Waals surface area contributed by atoms with Gasteiger partial charge in [0.25, 0.3) is 0 Å². The lowest BCUT2D eigenvalue weighted by atomic mass is 9.88. The highest BCUT2D eigenvalue weighted by Crippen LogP contribution is 2.34. The number of halogens is 1. The van der Waals surface area contributed by atoms with Gasteiger partial charge in [0.05, 0.1) is 0 Å². The number of hydrogen-bond donors (Lipinski definition) is 1. The Hall–Kier alpha value is -2.80. The van der Waals surface area contributed by atoms with E-state index in [0.717, 1.165) is 56.3 Å². The first kappa shape index (κ1) is 22.9. The van der Waals surface area contributed by atoms with Crippen molar-refractivity contribution in [2.75, 3.05) is 18.0 Å². The molecule has 0 aliphatic carbocycles. The minimum atomic E-state index is -0.195. The molecular formula is C27H33FN2O. The average molecular weight is 421 g/mol. The molecule has 4 heteroatoms. The maximum atomic E-state index is 13.3. The van der Waals surface area contributed by atoms with Crippen molar-refractivity contribution in [3.63, 3.8) is 0 Å². The van der Waals surface area contributed by atoms with E-state index in [1.807, 2.05) is 12.1 Å². The van der Waals surface area contributed by atoms with Crippen molar-refractivity contribution in [3.8, 4) is 11.8 Å². The molecule has 0 atom stereocenters. The Kier molecular flexibility index (Phi) is 7.38. The Labute approximate surface area is 186 Å². The van der Waals surface area contributed by atoms with Crippen LogP contribution in [0.3, 0.4) is 0 Å². The van der Waals surface area contributed by atoms with Crippen molar-refractivity contribution in [3.05, 3.63) is 64.0 Å². The van der Waals surface area contributed by atoms with Crippen molar-refractivity contribution in [1.29, 1.82) is 0 Å². The summed E-state index contributed by atoms with van der Waals surface area (Å²) in [6.07, 6.45) is 4.91. The molecular weight excluding hydrogens is 387 g/mol. The second-order valence-electron chi connectivity index (χ2n) is 9.15. The number of nitrogens with zero attached hydrogens (tertiary/aromatic N) is 1. The average Bonchev–Trinajstić information content (AvgIpc) is 2.92. The molecule has 1 amide bonds. The van der Waals surface area contributed by atoms with Gasteiger partial charge in [-0.15, -0.1) is 0 Å². The molecule has 3 rings (SSSR count). The van der Waals surface area contributed by atoms with Gasteiger partial charge in [-0.3, -0.25) is 4.79 Å². The van der Waals surface area contributed by atoms with Gasteiger partial charge >= 0.3 is 0 Å². The predicted octanol–water partition coefficient (Wildman–Crippen LogP) is 5.30. The summed E-state index contributed by atoms with van der Waals surface area (Å²) in [6.45, 7) is 11.0. The summed E-state index contributed by atoms with van der Waals surface area (Å²) in [4.78, 5) is 12.9. The normalized spacial score (nSPS) is 13.6. The number of fused-ring (bicyclic) bond motifs is 1. The summed E-state index contributed by atoms with van der Waals surface area (Å²) < 4.78 is 13.3. The lowest BCUT2D eigenvalue weighted by Gasteiger charge is -2.27. The Bertz CT molecular complexity index is 983. The molecule has 0 spiro atoms. The van der Waals surface area contributed by atoms with E-state index in [1.165, 1.54) is 34.5 Å². The van der Waals surface area contributed by atoms with Crippen LogP contribution in [0.15, 0.2) is 30.3 Å². The van der Waals surface area contributed by atoms with Crippen LogP contribution in [0.5, 0.6) is 0 Å². The van der Waals surface area contributed by atoms with E-state index in [2.05, 4.69) is 55.8 Å². The van der Waals surface area contributed by atoms with Gasteiger partial charge in [-0.05, 0) is 93.8 Å². The molecule has 0 saturated heterocycles. The zero-order valence-electron chi connectivity index (χ0n) is 19.1. The van der Waals surface area contributed by atoms with E-state index in [0.29, 0.717) is 6.54 Å². The largest absolute Gasteiger partial charge is 0.367 e. The van der Waals surface area contributed by atoms with E-state index < -0.39 is 0 Å². The highest BCUT2D eigenvalue weighted by Gasteiger charge is 2.21. The van der Waals surface area contributed by atoms with Gasteiger partial charge in [0.1, 0.15) is 5.82 Å². The van der Waals surface area contributed by atoms with Crippen LogP contribution in [-0.4, -0.2) is 19.5 Å². The van der Waals surface area contributed by atoms with Crippen LogP contribution in [-0.2, 0) is 17.8 Å². The molecule has 1 aliphatic rings. The second kappa shape index (κ2) is 10.0. The molecule has 1 N–H and O–H groups in total. The van der Waals surface area contributed by atoms with E-state index in [-0.39, 0.29) is 11.2 Å². The molecule has 2 aromatic rings. The van der Waals surface area contributed by atoms with Gasteiger partial charge in [-0.25, -0.2) is 4.39 Å². The Morgan fingerprint density at radius 1 is 1.19 bits per heavy atom. The summed E-state index contributed by atoms with van der Waals surface area (Å²) in [5, 5.41) is 2.73. The van der Waals surface area contributed by atoms with Crippen molar-refractivity contribution in [1.82, 2.24) is 5.32 Å². The van der Waals surface area contributed by atoms with Gasteiger partial charge in [-0.1, -0.05) is 24.0 Å². The Morgan fingerprint density at radius 2 is 1.94 bits per heavy atom. The molecule has 164 valence electrons. The van der Waals surface area contributed by atoms with Gasteiger partial charge in [0.2, 0.25) is 6.41 Å². The molecule has 0 bridgehead atoms. The van der Waals surface area contributed by atoms with Gasteiger partial charge in [0.15, 0.2) is 0 Å². The third-order valence-corrected chi connectivity index (χ3v) is 6.12. The summed E-state index contributed by atoms with van der Waals surface area (Å²) in [5.74, 6) is 6.71. The molecule has 1 aliphatic heterocycles. The third kappa shape index (κ3) is 5.88. The van der Waals surface area contributed by atoms with Crippen LogP contribution < -0.4 is 10.2 Å². The lowest BCUT2D eigenvalue weighted by Crippen LogP contribution is -2.24. The van der Waals surface area contributed by atoms with Crippen molar-refractivity contribution in [2.45, 2.75) is 59.9 Å². The van der Waals surface area contributed by atoms with Gasteiger partial charge in [0, 0.05) is 36.3 Å². The quantitative estimate of drug-likeness (QED) is 0.391. The van der Waals surface area contributed by atoms with Crippen LogP contribution >= 0.6 is 0 Å². The summed E-state index contributed by atoms with van der Waals surface area (Å²) in [7, 11) is 0. The zero-order valence-corrected chi connectivity index (χ0v) is 19.1. The second-order valence-corrected chi connectivity index (χ2v) is 9.15. The fourth-order valence-electron chi connectivity index (χ4n) is 4.23. The molecule has 2 aromatic carbocycles. The van der Waals surface area contributed by atoms with Crippen molar-refractivity contribution >= 4 is 12.1 Å². The number of nitrogens with one attached hydrogen (secondary N) is 1. The molecule has 0 unspecified atom stereocenters.